The average Bonchev–Trinajstić information content (AvgIpc) is 2.26. The molecule has 1 N–H and O–H groups in total. The zero-order chi connectivity index (χ0) is 12.3. The minimum Gasteiger partial charge on any atom is -0.386 e. The molecule has 0 heterocycles. The van der Waals surface area contributed by atoms with Crippen LogP contribution in [0.4, 0.5) is 5.69 Å². The highest BCUT2D eigenvalue weighted by molar-refractivity contribution is 6.31. The van der Waals surface area contributed by atoms with E-state index in [0.717, 1.165) is 0 Å². The number of carbonyl (C=O) groups is 1. The van der Waals surface area contributed by atoms with Crippen molar-refractivity contribution in [1.29, 1.82) is 0 Å². The van der Waals surface area contributed by atoms with E-state index in [2.05, 4.69) is 0 Å². The van der Waals surface area contributed by atoms with Crippen LogP contribution in [0.25, 0.3) is 0 Å². The first kappa shape index (κ1) is 12.6. The highest BCUT2D eigenvalue weighted by Crippen LogP contribution is 2.29. The van der Waals surface area contributed by atoms with Gasteiger partial charge in [0, 0.05) is 6.07 Å². The number of hydrogen-bond donors (Lipinski definition) is 1. The number of rotatable bonds is 4. The summed E-state index contributed by atoms with van der Waals surface area (Å²) in [4.78, 5) is 21.0. The van der Waals surface area contributed by atoms with E-state index in [1.165, 1.54) is 31.2 Å². The molecule has 0 unspecified atom stereocenters. The van der Waals surface area contributed by atoms with E-state index in [0.29, 0.717) is 0 Å². The molecule has 2 atom stereocenters. The maximum absolute atomic E-state index is 11.0. The number of Topliss-reactive ketones (excluding diaryl/α,β-unsaturated/α-hetero) is 1. The lowest BCUT2D eigenvalue weighted by atomic mass is 10.0. The fourth-order valence-electron chi connectivity index (χ4n) is 1.28. The number of aliphatic hydroxyl groups is 1. The number of alkyl halides is 1. The highest BCUT2D eigenvalue weighted by Gasteiger charge is 2.28. The maximum atomic E-state index is 11.0. The molecule has 0 radical (unpaired) electrons. The molecule has 0 aromatic heterocycles. The topological polar surface area (TPSA) is 80.4 Å². The molecule has 6 heteroatoms. The van der Waals surface area contributed by atoms with Crippen molar-refractivity contribution in [3.8, 4) is 0 Å². The fourth-order valence-corrected chi connectivity index (χ4v) is 1.42. The van der Waals surface area contributed by atoms with Crippen LogP contribution in [0.5, 0.6) is 0 Å². The van der Waals surface area contributed by atoms with Crippen molar-refractivity contribution in [3.05, 3.63) is 39.9 Å². The molecule has 0 fully saturated rings. The second-order valence-corrected chi connectivity index (χ2v) is 3.74. The molecule has 0 saturated heterocycles. The zero-order valence-electron chi connectivity index (χ0n) is 8.46. The van der Waals surface area contributed by atoms with Gasteiger partial charge in [0.25, 0.3) is 5.69 Å². The summed E-state index contributed by atoms with van der Waals surface area (Å²) in [6.45, 7) is 1.22. The Morgan fingerprint density at radius 2 is 2.06 bits per heavy atom. The van der Waals surface area contributed by atoms with Crippen LogP contribution in [-0.4, -0.2) is 21.2 Å². The second-order valence-electron chi connectivity index (χ2n) is 3.27. The first-order valence-electron chi connectivity index (χ1n) is 4.51. The summed E-state index contributed by atoms with van der Waals surface area (Å²) in [6.07, 6.45) is -1.37. The number of hydrogen-bond acceptors (Lipinski definition) is 4. The number of benzene rings is 1. The highest BCUT2D eigenvalue weighted by atomic mass is 35.5. The molecule has 0 spiro atoms. The first-order valence-corrected chi connectivity index (χ1v) is 4.94. The van der Waals surface area contributed by atoms with Gasteiger partial charge in [0.15, 0.2) is 5.78 Å². The van der Waals surface area contributed by atoms with Crippen LogP contribution < -0.4 is 0 Å². The van der Waals surface area contributed by atoms with Gasteiger partial charge in [-0.3, -0.25) is 14.9 Å². The lowest BCUT2D eigenvalue weighted by Gasteiger charge is -2.14. The zero-order valence-corrected chi connectivity index (χ0v) is 9.22. The van der Waals surface area contributed by atoms with Gasteiger partial charge >= 0.3 is 0 Å². The SMILES string of the molecule is CC(=O)[C@H](Cl)[C@@H](O)c1ccccc1[N+](=O)[O-]. The van der Waals surface area contributed by atoms with E-state index in [1.54, 1.807) is 0 Å². The Bertz CT molecular complexity index is 421. The van der Waals surface area contributed by atoms with Crippen LogP contribution >= 0.6 is 11.6 Å². The smallest absolute Gasteiger partial charge is 0.275 e. The first-order chi connectivity index (χ1) is 7.45. The van der Waals surface area contributed by atoms with Crippen LogP contribution in [0.2, 0.25) is 0 Å². The summed E-state index contributed by atoms with van der Waals surface area (Å²) in [6, 6.07) is 5.64. The Balaban J connectivity index is 3.12. The molecule has 1 rings (SSSR count). The minimum atomic E-state index is -1.37. The monoisotopic (exact) mass is 243 g/mol. The van der Waals surface area contributed by atoms with E-state index in [-0.39, 0.29) is 11.3 Å². The predicted octanol–water partition coefficient (Wildman–Crippen LogP) is 1.82. The Morgan fingerprint density at radius 3 is 2.56 bits per heavy atom. The van der Waals surface area contributed by atoms with Crippen LogP contribution in [0.3, 0.4) is 0 Å². The van der Waals surface area contributed by atoms with E-state index in [4.69, 9.17) is 11.6 Å². The molecule has 0 bridgehead atoms. The van der Waals surface area contributed by atoms with E-state index >= 15 is 0 Å². The normalized spacial score (nSPS) is 14.2. The van der Waals surface area contributed by atoms with Crippen molar-refractivity contribution in [2.45, 2.75) is 18.4 Å². The summed E-state index contributed by atoms with van der Waals surface area (Å²) >= 11 is 5.66. The maximum Gasteiger partial charge on any atom is 0.275 e. The van der Waals surface area contributed by atoms with Crippen LogP contribution in [-0.2, 0) is 4.79 Å². The summed E-state index contributed by atoms with van der Waals surface area (Å²) in [7, 11) is 0. The molecular formula is C10H10ClNO4. The molecule has 0 aliphatic heterocycles. The number of nitro groups is 1. The number of carbonyl (C=O) groups excluding carboxylic acids is 1. The van der Waals surface area contributed by atoms with Crippen molar-refractivity contribution in [1.82, 2.24) is 0 Å². The lowest BCUT2D eigenvalue weighted by Crippen LogP contribution is -2.21. The van der Waals surface area contributed by atoms with E-state index < -0.39 is 22.2 Å². The molecule has 86 valence electrons. The standard InChI is InChI=1S/C10H10ClNO4/c1-6(13)9(11)10(14)7-4-2-3-5-8(7)12(15)16/h2-5,9-10,14H,1H3/t9-,10-/m0/s1. The number of para-hydroxylation sites is 1. The van der Waals surface area contributed by atoms with Gasteiger partial charge in [-0.15, -0.1) is 11.6 Å². The number of ketones is 1. The Labute approximate surface area is 96.8 Å². The van der Waals surface area contributed by atoms with Crippen LogP contribution in [0, 0.1) is 10.1 Å². The molecule has 0 aliphatic carbocycles. The molecule has 16 heavy (non-hydrogen) atoms. The molecule has 5 nitrogen and oxygen atoms in total. The molecular weight excluding hydrogens is 234 g/mol. The number of aliphatic hydroxyl groups excluding tert-OH is 1. The van der Waals surface area contributed by atoms with Gasteiger partial charge in [-0.2, -0.15) is 0 Å². The van der Waals surface area contributed by atoms with Crippen molar-refractivity contribution < 1.29 is 14.8 Å². The summed E-state index contributed by atoms with van der Waals surface area (Å²) in [5.74, 6) is -0.438. The summed E-state index contributed by atoms with van der Waals surface area (Å²) in [5.41, 5.74) is -0.204. The van der Waals surface area contributed by atoms with Gasteiger partial charge in [-0.05, 0) is 13.0 Å². The lowest BCUT2D eigenvalue weighted by molar-refractivity contribution is -0.386. The summed E-state index contributed by atoms with van der Waals surface area (Å²) in [5, 5.41) is 19.2. The van der Waals surface area contributed by atoms with Crippen molar-refractivity contribution in [2.75, 3.05) is 0 Å². The van der Waals surface area contributed by atoms with E-state index in [1.807, 2.05) is 0 Å². The largest absolute Gasteiger partial charge is 0.386 e. The molecule has 0 aliphatic rings. The third kappa shape index (κ3) is 2.56. The van der Waals surface area contributed by atoms with E-state index in [9.17, 15) is 20.0 Å². The molecule has 0 saturated carbocycles. The van der Waals surface area contributed by atoms with Gasteiger partial charge in [0.2, 0.25) is 0 Å². The molecule has 1 aromatic rings. The van der Waals surface area contributed by atoms with Crippen LogP contribution in [0.15, 0.2) is 24.3 Å². The Morgan fingerprint density at radius 1 is 1.50 bits per heavy atom. The van der Waals surface area contributed by atoms with Gasteiger partial charge in [0.05, 0.1) is 10.5 Å². The number of halogens is 1. The molecule has 0 amide bonds. The fraction of sp³-hybridized carbons (Fsp3) is 0.300. The van der Waals surface area contributed by atoms with Crippen molar-refractivity contribution in [3.63, 3.8) is 0 Å². The van der Waals surface area contributed by atoms with Gasteiger partial charge in [0.1, 0.15) is 11.5 Å². The Hall–Kier alpha value is -1.46. The predicted molar refractivity (Wildman–Crippen MR) is 58.4 cm³/mol. The van der Waals surface area contributed by atoms with Crippen molar-refractivity contribution in [2.24, 2.45) is 0 Å². The summed E-state index contributed by atoms with van der Waals surface area (Å²) < 4.78 is 0. The average molecular weight is 244 g/mol. The molecule has 1 aromatic carbocycles. The quantitative estimate of drug-likeness (QED) is 0.497. The van der Waals surface area contributed by atoms with Crippen LogP contribution in [0.1, 0.15) is 18.6 Å². The third-order valence-electron chi connectivity index (χ3n) is 2.12. The van der Waals surface area contributed by atoms with Gasteiger partial charge < -0.3 is 5.11 Å². The van der Waals surface area contributed by atoms with Crippen molar-refractivity contribution >= 4 is 23.1 Å². The second kappa shape index (κ2) is 5.05. The Kier molecular flexibility index (Phi) is 3.98. The third-order valence-corrected chi connectivity index (χ3v) is 2.66. The minimum absolute atomic E-state index is 0.0442. The number of nitrogens with zero attached hydrogens (tertiary/aromatic N) is 1. The number of nitro benzene ring substituents is 1. The van der Waals surface area contributed by atoms with Gasteiger partial charge in [-0.1, -0.05) is 12.1 Å². The van der Waals surface area contributed by atoms with Gasteiger partial charge in [-0.25, -0.2) is 0 Å².